The van der Waals surface area contributed by atoms with E-state index in [1.165, 1.54) is 0 Å². The number of benzene rings is 2. The summed E-state index contributed by atoms with van der Waals surface area (Å²) in [4.78, 5) is 40.5. The van der Waals surface area contributed by atoms with E-state index in [1.807, 2.05) is 35.2 Å². The Kier molecular flexibility index (Phi) is 10.3. The summed E-state index contributed by atoms with van der Waals surface area (Å²) in [6.07, 6.45) is 3.34. The maximum absolute atomic E-state index is 13.5. The Hall–Kier alpha value is -3.43. The van der Waals surface area contributed by atoms with Gasteiger partial charge in [-0.3, -0.25) is 20.2 Å². The van der Waals surface area contributed by atoms with Crippen LogP contribution in [0, 0.1) is 16.9 Å². The Bertz CT molecular complexity index is 1090. The Balaban J connectivity index is 1.71. The molecule has 0 heterocycles. The van der Waals surface area contributed by atoms with Crippen LogP contribution in [-0.2, 0) is 11.3 Å². The number of hydrogen-bond donors (Lipinski definition) is 4. The van der Waals surface area contributed by atoms with Gasteiger partial charge in [-0.1, -0.05) is 63.2 Å². The van der Waals surface area contributed by atoms with Crippen molar-refractivity contribution in [1.82, 2.24) is 15.6 Å². The third kappa shape index (κ3) is 8.03. The molecule has 0 saturated heterocycles. The van der Waals surface area contributed by atoms with Crippen LogP contribution in [0.25, 0.3) is 0 Å². The van der Waals surface area contributed by atoms with Gasteiger partial charge >= 0.3 is 0 Å². The number of nitrogens with two attached hydrogens (primary N) is 1. The number of carbonyl (C=O) groups is 3. The third-order valence-corrected chi connectivity index (χ3v) is 7.47. The smallest absolute Gasteiger partial charge is 0.254 e. The lowest BCUT2D eigenvalue weighted by Gasteiger charge is -2.41. The molecule has 1 unspecified atom stereocenters. The van der Waals surface area contributed by atoms with Gasteiger partial charge in [0.05, 0.1) is 0 Å². The van der Waals surface area contributed by atoms with Gasteiger partial charge in [0.2, 0.25) is 12.2 Å². The van der Waals surface area contributed by atoms with E-state index < -0.39 is 12.2 Å². The van der Waals surface area contributed by atoms with Crippen molar-refractivity contribution >= 4 is 17.6 Å². The Morgan fingerprint density at radius 3 is 2.16 bits per heavy atom. The lowest BCUT2D eigenvalue weighted by Crippen LogP contribution is -2.47. The molecule has 1 saturated carbocycles. The first kappa shape index (κ1) is 29.1. The molecular formula is C29H40N6O3. The molecule has 5 N–H and O–H groups in total. The van der Waals surface area contributed by atoms with E-state index in [0.717, 1.165) is 31.2 Å². The molecule has 9 heteroatoms. The zero-order valence-electron chi connectivity index (χ0n) is 22.6. The topological polar surface area (TPSA) is 141 Å². The van der Waals surface area contributed by atoms with Crippen LogP contribution in [0.5, 0.6) is 0 Å². The highest BCUT2D eigenvalue weighted by molar-refractivity contribution is 5.98. The summed E-state index contributed by atoms with van der Waals surface area (Å²) in [6.45, 7) is 7.24. The zero-order chi connectivity index (χ0) is 27.7. The van der Waals surface area contributed by atoms with Crippen LogP contribution in [-0.4, -0.2) is 34.8 Å². The fraction of sp³-hybridized carbons (Fsp3) is 0.483. The number of hydrazine groups is 1. The van der Waals surface area contributed by atoms with Gasteiger partial charge in [0.1, 0.15) is 0 Å². The van der Waals surface area contributed by atoms with E-state index >= 15 is 0 Å². The average molecular weight is 521 g/mol. The number of carbonyl (C=O) groups excluding carboxylic acids is 3. The minimum Gasteiger partial charge on any atom is -0.335 e. The van der Waals surface area contributed by atoms with Crippen LogP contribution >= 0.6 is 0 Å². The van der Waals surface area contributed by atoms with Gasteiger partial charge in [-0.05, 0) is 54.7 Å². The van der Waals surface area contributed by atoms with Crippen molar-refractivity contribution in [2.45, 2.75) is 78.2 Å². The van der Waals surface area contributed by atoms with E-state index in [4.69, 9.17) is 11.4 Å². The first-order valence-corrected chi connectivity index (χ1v) is 13.2. The highest BCUT2D eigenvalue weighted by atomic mass is 16.2. The van der Waals surface area contributed by atoms with Crippen molar-refractivity contribution in [3.8, 4) is 0 Å². The van der Waals surface area contributed by atoms with Crippen molar-refractivity contribution in [1.29, 1.82) is 5.53 Å². The fourth-order valence-corrected chi connectivity index (χ4v) is 5.08. The van der Waals surface area contributed by atoms with Crippen molar-refractivity contribution in [2.75, 3.05) is 0 Å². The van der Waals surface area contributed by atoms with Crippen molar-refractivity contribution in [2.24, 2.45) is 22.3 Å². The number of rotatable bonds is 11. The zero-order valence-corrected chi connectivity index (χ0v) is 22.6. The Labute approximate surface area is 225 Å². The van der Waals surface area contributed by atoms with E-state index in [1.54, 1.807) is 24.3 Å². The molecule has 38 heavy (non-hydrogen) atoms. The monoisotopic (exact) mass is 520 g/mol. The van der Waals surface area contributed by atoms with Crippen LogP contribution in [0.3, 0.4) is 0 Å². The van der Waals surface area contributed by atoms with E-state index in [9.17, 15) is 14.4 Å². The Morgan fingerprint density at radius 2 is 1.61 bits per heavy atom. The van der Waals surface area contributed by atoms with Crippen molar-refractivity contribution < 1.29 is 14.4 Å². The highest BCUT2D eigenvalue weighted by Gasteiger charge is 2.33. The molecular weight excluding hydrogens is 480 g/mol. The molecule has 1 atom stereocenters. The molecule has 1 aliphatic rings. The van der Waals surface area contributed by atoms with Gasteiger partial charge < -0.3 is 10.2 Å². The second-order valence-electron chi connectivity index (χ2n) is 11.1. The van der Waals surface area contributed by atoms with Crippen LogP contribution in [0.1, 0.15) is 85.6 Å². The number of hydrogen-bond acceptors (Lipinski definition) is 7. The molecule has 0 aromatic heterocycles. The standard InChI is InChI=1S/C29H40N6O3/c1-29(2,3)23-13-15-24(16-14-23)35(26(37)18-17-25(36)21-7-5-4-6-8-21)19-20-9-11-22(12-10-20)27(38)32-28(33-30)34-31/h4-12,23-24,28,30,34H,13-19,31H2,1-3H3,(H,32,38). The molecule has 1 fully saturated rings. The van der Waals surface area contributed by atoms with Crippen LogP contribution in [0.15, 0.2) is 59.7 Å². The second-order valence-corrected chi connectivity index (χ2v) is 11.1. The summed E-state index contributed by atoms with van der Waals surface area (Å²) >= 11 is 0. The second kappa shape index (κ2) is 13.4. The molecule has 1 aliphatic carbocycles. The summed E-state index contributed by atoms with van der Waals surface area (Å²) in [5.74, 6) is 5.41. The molecule has 2 amide bonds. The number of Topliss-reactive ketones (excluding diaryl/α,β-unsaturated/α-hetero) is 1. The molecule has 9 nitrogen and oxygen atoms in total. The predicted octanol–water partition coefficient (Wildman–Crippen LogP) is 4.79. The summed E-state index contributed by atoms with van der Waals surface area (Å²) in [5, 5.41) is 5.68. The fourth-order valence-electron chi connectivity index (χ4n) is 5.08. The molecule has 0 aliphatic heterocycles. The molecule has 204 valence electrons. The molecule has 0 spiro atoms. The van der Waals surface area contributed by atoms with Crippen LogP contribution in [0.2, 0.25) is 0 Å². The number of nitrogens with zero attached hydrogens (tertiary/aromatic N) is 2. The average Bonchev–Trinajstić information content (AvgIpc) is 2.93. The summed E-state index contributed by atoms with van der Waals surface area (Å²) < 4.78 is 0. The lowest BCUT2D eigenvalue weighted by atomic mass is 9.71. The summed E-state index contributed by atoms with van der Waals surface area (Å²) in [7, 11) is 0. The molecule has 3 rings (SSSR count). The number of ketones is 1. The van der Waals surface area contributed by atoms with Crippen LogP contribution in [0.4, 0.5) is 0 Å². The minimum atomic E-state index is -1.00. The van der Waals surface area contributed by atoms with Gasteiger partial charge in [-0.15, -0.1) is 0 Å². The Morgan fingerprint density at radius 1 is 0.974 bits per heavy atom. The van der Waals surface area contributed by atoms with Gasteiger partial charge in [-0.25, -0.2) is 11.0 Å². The van der Waals surface area contributed by atoms with E-state index in [0.29, 0.717) is 23.6 Å². The maximum atomic E-state index is 13.5. The number of amides is 2. The van der Waals surface area contributed by atoms with Gasteiger partial charge in [0.15, 0.2) is 5.78 Å². The molecule has 2 aromatic rings. The summed E-state index contributed by atoms with van der Waals surface area (Å²) in [5.41, 5.74) is 11.4. The predicted molar refractivity (Wildman–Crippen MR) is 146 cm³/mol. The lowest BCUT2D eigenvalue weighted by molar-refractivity contribution is -0.135. The first-order valence-electron chi connectivity index (χ1n) is 13.2. The van der Waals surface area contributed by atoms with Crippen LogP contribution < -0.4 is 16.6 Å². The van der Waals surface area contributed by atoms with Gasteiger partial charge in [0, 0.05) is 36.6 Å². The van der Waals surface area contributed by atoms with Crippen molar-refractivity contribution in [3.05, 3.63) is 71.3 Å². The molecule has 0 bridgehead atoms. The SMILES string of the molecule is CC(C)(C)C1CCC(N(Cc2ccc(C(=O)NC(N=N)NN)cc2)C(=O)CCC(=O)c2ccccc2)CC1. The van der Waals surface area contributed by atoms with E-state index in [-0.39, 0.29) is 36.0 Å². The first-order chi connectivity index (χ1) is 18.1. The molecule has 0 radical (unpaired) electrons. The largest absolute Gasteiger partial charge is 0.335 e. The van der Waals surface area contributed by atoms with E-state index in [2.05, 4.69) is 36.6 Å². The van der Waals surface area contributed by atoms with Gasteiger partial charge in [-0.2, -0.15) is 5.11 Å². The summed E-state index contributed by atoms with van der Waals surface area (Å²) in [6, 6.07) is 16.2. The number of nitrogens with one attached hydrogen (secondary N) is 3. The van der Waals surface area contributed by atoms with Gasteiger partial charge in [0.25, 0.3) is 5.91 Å². The minimum absolute atomic E-state index is 0.0239. The van der Waals surface area contributed by atoms with Crippen molar-refractivity contribution in [3.63, 3.8) is 0 Å². The third-order valence-electron chi connectivity index (χ3n) is 7.47. The maximum Gasteiger partial charge on any atom is 0.254 e. The quantitative estimate of drug-likeness (QED) is 0.111. The molecule has 2 aromatic carbocycles. The highest BCUT2D eigenvalue weighted by Crippen LogP contribution is 2.39. The normalized spacial score (nSPS) is 18.3.